The lowest BCUT2D eigenvalue weighted by Gasteiger charge is -2.17. The summed E-state index contributed by atoms with van der Waals surface area (Å²) in [6.07, 6.45) is 4.70. The van der Waals surface area contributed by atoms with Crippen LogP contribution in [-0.4, -0.2) is 11.0 Å². The number of unbranched alkanes of at least 4 members (excludes halogenated alkanes) is 2. The molecule has 5 heteroatoms. The van der Waals surface area contributed by atoms with Crippen molar-refractivity contribution in [3.63, 3.8) is 0 Å². The first-order valence-corrected chi connectivity index (χ1v) is 7.04. The minimum absolute atomic E-state index is 0.0386. The van der Waals surface area contributed by atoms with E-state index in [4.69, 9.17) is 11.6 Å². The van der Waals surface area contributed by atoms with Gasteiger partial charge in [-0.1, -0.05) is 37.8 Å². The van der Waals surface area contributed by atoms with E-state index in [1.807, 2.05) is 6.92 Å². The van der Waals surface area contributed by atoms with E-state index in [1.54, 1.807) is 6.07 Å². The quantitative estimate of drug-likeness (QED) is 0.438. The van der Waals surface area contributed by atoms with E-state index < -0.39 is 4.92 Å². The van der Waals surface area contributed by atoms with Crippen LogP contribution < -0.4 is 5.32 Å². The molecule has 0 radical (unpaired) electrons. The highest BCUT2D eigenvalue weighted by molar-refractivity contribution is 6.33. The predicted molar refractivity (Wildman–Crippen MR) is 80.1 cm³/mol. The molecule has 1 unspecified atom stereocenters. The van der Waals surface area contributed by atoms with Crippen LogP contribution in [0.2, 0.25) is 5.02 Å². The highest BCUT2D eigenvalue weighted by atomic mass is 35.5. The van der Waals surface area contributed by atoms with Gasteiger partial charge in [0.15, 0.2) is 0 Å². The molecule has 0 fully saturated rings. The van der Waals surface area contributed by atoms with Crippen LogP contribution in [0.15, 0.2) is 12.1 Å². The summed E-state index contributed by atoms with van der Waals surface area (Å²) in [6.45, 7) is 6.15. The molecule has 0 heterocycles. The van der Waals surface area contributed by atoms with Gasteiger partial charge in [-0.15, -0.1) is 0 Å². The van der Waals surface area contributed by atoms with Crippen molar-refractivity contribution in [3.05, 3.63) is 32.8 Å². The van der Waals surface area contributed by atoms with Gasteiger partial charge < -0.3 is 5.32 Å². The number of aryl methyl sites for hydroxylation is 1. The van der Waals surface area contributed by atoms with E-state index in [9.17, 15) is 10.1 Å². The molecule has 1 atom stereocenters. The maximum atomic E-state index is 10.8. The van der Waals surface area contributed by atoms with E-state index in [0.29, 0.717) is 6.04 Å². The lowest BCUT2D eigenvalue weighted by Crippen LogP contribution is -2.15. The maximum Gasteiger partial charge on any atom is 0.288 e. The largest absolute Gasteiger partial charge is 0.382 e. The summed E-state index contributed by atoms with van der Waals surface area (Å²) in [7, 11) is 0. The van der Waals surface area contributed by atoms with Gasteiger partial charge in [0.25, 0.3) is 5.69 Å². The lowest BCUT2D eigenvalue weighted by atomic mass is 10.1. The molecule has 19 heavy (non-hydrogen) atoms. The number of halogens is 1. The van der Waals surface area contributed by atoms with Crippen LogP contribution >= 0.6 is 11.6 Å². The molecule has 1 N–H and O–H groups in total. The number of hydrogen-bond donors (Lipinski definition) is 1. The van der Waals surface area contributed by atoms with E-state index in [0.717, 1.165) is 17.7 Å². The molecular weight excluding hydrogens is 264 g/mol. The van der Waals surface area contributed by atoms with Crippen LogP contribution in [0.4, 0.5) is 11.4 Å². The molecule has 4 nitrogen and oxygen atoms in total. The van der Waals surface area contributed by atoms with Crippen LogP contribution in [0.25, 0.3) is 0 Å². The SMILES string of the molecule is CCCCCC(C)Nc1cc(Cl)c([N+](=O)[O-])cc1C. The Morgan fingerprint density at radius 3 is 2.68 bits per heavy atom. The molecule has 0 saturated carbocycles. The van der Waals surface area contributed by atoms with Crippen LogP contribution in [0.3, 0.4) is 0 Å². The molecule has 0 aliphatic carbocycles. The third-order valence-electron chi connectivity index (χ3n) is 3.13. The monoisotopic (exact) mass is 284 g/mol. The van der Waals surface area contributed by atoms with Gasteiger partial charge >= 0.3 is 0 Å². The zero-order chi connectivity index (χ0) is 14.4. The summed E-state index contributed by atoms with van der Waals surface area (Å²) >= 11 is 5.92. The van der Waals surface area contributed by atoms with Crippen molar-refractivity contribution in [2.24, 2.45) is 0 Å². The first-order chi connectivity index (χ1) is 8.95. The number of hydrogen-bond acceptors (Lipinski definition) is 3. The van der Waals surface area contributed by atoms with Crippen molar-refractivity contribution in [2.75, 3.05) is 5.32 Å². The summed E-state index contributed by atoms with van der Waals surface area (Å²) in [6, 6.07) is 3.50. The third-order valence-corrected chi connectivity index (χ3v) is 3.44. The van der Waals surface area contributed by atoms with E-state index in [2.05, 4.69) is 19.2 Å². The Labute approximate surface area is 119 Å². The second-order valence-corrected chi connectivity index (χ2v) is 5.32. The number of nitrogens with one attached hydrogen (secondary N) is 1. The first kappa shape index (κ1) is 15.8. The summed E-state index contributed by atoms with van der Waals surface area (Å²) in [4.78, 5) is 10.3. The van der Waals surface area contributed by atoms with E-state index in [-0.39, 0.29) is 10.7 Å². The fraction of sp³-hybridized carbons (Fsp3) is 0.571. The normalized spacial score (nSPS) is 12.2. The fourth-order valence-electron chi connectivity index (χ4n) is 2.00. The van der Waals surface area contributed by atoms with Gasteiger partial charge in [-0.25, -0.2) is 0 Å². The van der Waals surface area contributed by atoms with Crippen molar-refractivity contribution < 1.29 is 4.92 Å². The topological polar surface area (TPSA) is 55.2 Å². The van der Waals surface area contributed by atoms with Crippen molar-refractivity contribution in [3.8, 4) is 0 Å². The minimum Gasteiger partial charge on any atom is -0.382 e. The molecule has 0 spiro atoms. The molecule has 1 aromatic rings. The van der Waals surface area contributed by atoms with Crippen LogP contribution in [0.1, 0.15) is 45.1 Å². The van der Waals surface area contributed by atoms with Gasteiger partial charge in [-0.3, -0.25) is 10.1 Å². The number of anilines is 1. The third kappa shape index (κ3) is 4.71. The average Bonchev–Trinajstić information content (AvgIpc) is 2.33. The second kappa shape index (κ2) is 7.34. The predicted octanol–water partition coefficient (Wildman–Crippen LogP) is 4.94. The Hall–Kier alpha value is -1.29. The van der Waals surface area contributed by atoms with E-state index in [1.165, 1.54) is 25.3 Å². The number of nitro groups is 1. The molecule has 0 aliphatic rings. The Balaban J connectivity index is 2.74. The molecule has 1 rings (SSSR count). The Bertz CT molecular complexity index is 449. The van der Waals surface area contributed by atoms with Crippen LogP contribution in [0.5, 0.6) is 0 Å². The average molecular weight is 285 g/mol. The fourth-order valence-corrected chi connectivity index (χ4v) is 2.23. The second-order valence-electron chi connectivity index (χ2n) is 4.92. The smallest absolute Gasteiger partial charge is 0.288 e. The Morgan fingerprint density at radius 2 is 2.11 bits per heavy atom. The summed E-state index contributed by atoms with van der Waals surface area (Å²) < 4.78 is 0. The number of benzene rings is 1. The van der Waals surface area contributed by atoms with Crippen molar-refractivity contribution in [2.45, 2.75) is 52.5 Å². The molecule has 0 aliphatic heterocycles. The summed E-state index contributed by atoms with van der Waals surface area (Å²) in [5.74, 6) is 0. The molecule has 0 bridgehead atoms. The number of rotatable bonds is 7. The van der Waals surface area contributed by atoms with E-state index >= 15 is 0 Å². The van der Waals surface area contributed by atoms with Gasteiger partial charge in [-0.2, -0.15) is 0 Å². The zero-order valence-electron chi connectivity index (χ0n) is 11.7. The zero-order valence-corrected chi connectivity index (χ0v) is 12.5. The van der Waals surface area contributed by atoms with Crippen LogP contribution in [0, 0.1) is 17.0 Å². The molecule has 106 valence electrons. The van der Waals surface area contributed by atoms with Crippen LogP contribution in [-0.2, 0) is 0 Å². The number of nitrogens with zero attached hydrogens (tertiary/aromatic N) is 1. The van der Waals surface area contributed by atoms with Gasteiger partial charge in [-0.05, 0) is 31.9 Å². The molecule has 0 amide bonds. The molecule has 0 aromatic heterocycles. The number of nitro benzene ring substituents is 1. The lowest BCUT2D eigenvalue weighted by molar-refractivity contribution is -0.384. The molecular formula is C14H21ClN2O2. The van der Waals surface area contributed by atoms with Gasteiger partial charge in [0.05, 0.1) is 4.92 Å². The Morgan fingerprint density at radius 1 is 1.42 bits per heavy atom. The highest BCUT2D eigenvalue weighted by Gasteiger charge is 2.15. The van der Waals surface area contributed by atoms with Crippen molar-refractivity contribution in [1.82, 2.24) is 0 Å². The standard InChI is InChI=1S/C14H21ClN2O2/c1-4-5-6-7-11(3)16-13-9-12(15)14(17(18)19)8-10(13)2/h8-9,11,16H,4-7H2,1-3H3. The first-order valence-electron chi connectivity index (χ1n) is 6.66. The Kier molecular flexibility index (Phi) is 6.09. The summed E-state index contributed by atoms with van der Waals surface area (Å²) in [5, 5.41) is 14.3. The van der Waals surface area contributed by atoms with Gasteiger partial charge in [0.1, 0.15) is 5.02 Å². The molecule has 1 aromatic carbocycles. The molecule has 0 saturated heterocycles. The van der Waals surface area contributed by atoms with Crippen molar-refractivity contribution in [1.29, 1.82) is 0 Å². The van der Waals surface area contributed by atoms with Gasteiger partial charge in [0.2, 0.25) is 0 Å². The summed E-state index contributed by atoms with van der Waals surface area (Å²) in [5.41, 5.74) is 1.68. The highest BCUT2D eigenvalue weighted by Crippen LogP contribution is 2.31. The van der Waals surface area contributed by atoms with Crippen molar-refractivity contribution >= 4 is 23.0 Å². The minimum atomic E-state index is -0.455. The maximum absolute atomic E-state index is 10.8. The van der Waals surface area contributed by atoms with Gasteiger partial charge in [0, 0.05) is 17.8 Å².